The largest absolute Gasteiger partial charge is 0.356 e. The maximum Gasteiger partial charge on any atom is 0.202 e. The van der Waals surface area contributed by atoms with E-state index in [2.05, 4.69) is 14.7 Å². The number of nitrogens with two attached hydrogens (primary N) is 1. The molecule has 1 aromatic heterocycles. The summed E-state index contributed by atoms with van der Waals surface area (Å²) in [6, 6.07) is 0.656. The van der Waals surface area contributed by atoms with Gasteiger partial charge in [0.05, 0.1) is 0 Å². The molecule has 0 aromatic carbocycles. The topological polar surface area (TPSA) is 63.8 Å². The molecule has 2 saturated carbocycles. The zero-order chi connectivity index (χ0) is 11.7. The molecule has 0 aliphatic heterocycles. The number of hydrogen-bond donors (Lipinski definition) is 2. The molecule has 0 bridgehead atoms. The monoisotopic (exact) mass is 252 g/mol. The SMILES string of the molecule is NC1CCCCCC1Nc1nc(C2CC2)ns1. The molecule has 0 radical (unpaired) electrons. The van der Waals surface area contributed by atoms with E-state index in [-0.39, 0.29) is 6.04 Å². The number of rotatable bonds is 3. The Morgan fingerprint density at radius 1 is 1.12 bits per heavy atom. The van der Waals surface area contributed by atoms with E-state index in [1.54, 1.807) is 0 Å². The minimum Gasteiger partial charge on any atom is -0.356 e. The first-order valence-electron chi connectivity index (χ1n) is 6.68. The molecule has 1 heterocycles. The average Bonchev–Trinajstić information content (AvgIpc) is 3.09. The lowest BCUT2D eigenvalue weighted by Crippen LogP contribution is -2.39. The molecular formula is C12H20N4S. The summed E-state index contributed by atoms with van der Waals surface area (Å²) in [7, 11) is 0. The van der Waals surface area contributed by atoms with Crippen LogP contribution in [0.2, 0.25) is 0 Å². The molecule has 94 valence electrons. The predicted octanol–water partition coefficient (Wildman–Crippen LogP) is 2.49. The fraction of sp³-hybridized carbons (Fsp3) is 0.833. The molecule has 3 rings (SSSR count). The van der Waals surface area contributed by atoms with Gasteiger partial charge in [0.1, 0.15) is 5.82 Å². The maximum atomic E-state index is 6.20. The molecule has 2 aliphatic carbocycles. The minimum absolute atomic E-state index is 0.269. The molecule has 1 aromatic rings. The Morgan fingerprint density at radius 3 is 2.76 bits per heavy atom. The highest BCUT2D eigenvalue weighted by atomic mass is 32.1. The second-order valence-corrected chi connectivity index (χ2v) is 6.04. The van der Waals surface area contributed by atoms with Crippen LogP contribution in [-0.2, 0) is 0 Å². The Bertz CT molecular complexity index is 374. The fourth-order valence-electron chi connectivity index (χ4n) is 2.47. The summed E-state index contributed by atoms with van der Waals surface area (Å²) in [5, 5.41) is 4.46. The highest BCUT2D eigenvalue weighted by Gasteiger charge is 2.28. The zero-order valence-corrected chi connectivity index (χ0v) is 10.9. The van der Waals surface area contributed by atoms with Crippen LogP contribution >= 0.6 is 11.5 Å². The van der Waals surface area contributed by atoms with Gasteiger partial charge in [-0.3, -0.25) is 0 Å². The van der Waals surface area contributed by atoms with Gasteiger partial charge in [0, 0.05) is 29.5 Å². The van der Waals surface area contributed by atoms with Crippen molar-refractivity contribution in [2.75, 3.05) is 5.32 Å². The lowest BCUT2D eigenvalue weighted by Gasteiger charge is -2.21. The highest BCUT2D eigenvalue weighted by Crippen LogP contribution is 2.39. The van der Waals surface area contributed by atoms with Crippen molar-refractivity contribution in [2.45, 2.75) is 62.9 Å². The van der Waals surface area contributed by atoms with Crippen LogP contribution in [0.15, 0.2) is 0 Å². The van der Waals surface area contributed by atoms with E-state index >= 15 is 0 Å². The van der Waals surface area contributed by atoms with E-state index < -0.39 is 0 Å². The smallest absolute Gasteiger partial charge is 0.202 e. The van der Waals surface area contributed by atoms with Gasteiger partial charge in [0.15, 0.2) is 0 Å². The lowest BCUT2D eigenvalue weighted by atomic mass is 10.0. The Morgan fingerprint density at radius 2 is 1.94 bits per heavy atom. The fourth-order valence-corrected chi connectivity index (χ4v) is 3.18. The second kappa shape index (κ2) is 4.90. The van der Waals surface area contributed by atoms with Crippen LogP contribution in [0.25, 0.3) is 0 Å². The summed E-state index contributed by atoms with van der Waals surface area (Å²) in [6.45, 7) is 0. The minimum atomic E-state index is 0.269. The molecule has 2 atom stereocenters. The van der Waals surface area contributed by atoms with Crippen molar-refractivity contribution in [1.29, 1.82) is 0 Å². The van der Waals surface area contributed by atoms with Gasteiger partial charge in [-0.1, -0.05) is 19.3 Å². The molecule has 5 heteroatoms. The molecule has 4 nitrogen and oxygen atoms in total. The van der Waals surface area contributed by atoms with Crippen molar-refractivity contribution < 1.29 is 0 Å². The van der Waals surface area contributed by atoms with Crippen molar-refractivity contribution in [3.05, 3.63) is 5.82 Å². The van der Waals surface area contributed by atoms with Crippen LogP contribution in [0, 0.1) is 0 Å². The quantitative estimate of drug-likeness (QED) is 0.811. The van der Waals surface area contributed by atoms with Crippen LogP contribution < -0.4 is 11.1 Å². The van der Waals surface area contributed by atoms with Crippen molar-refractivity contribution >= 4 is 16.7 Å². The third-order valence-electron chi connectivity index (χ3n) is 3.76. The molecular weight excluding hydrogens is 232 g/mol. The summed E-state index contributed by atoms with van der Waals surface area (Å²) >= 11 is 1.49. The second-order valence-electron chi connectivity index (χ2n) is 5.28. The summed E-state index contributed by atoms with van der Waals surface area (Å²) in [5.41, 5.74) is 6.20. The van der Waals surface area contributed by atoms with E-state index in [1.165, 1.54) is 50.1 Å². The standard InChI is InChI=1S/C12H20N4S/c13-9-4-2-1-3-5-10(9)14-12-15-11(16-17-12)8-6-7-8/h8-10H,1-7,13H2,(H,14,15,16). The number of hydrogen-bond acceptors (Lipinski definition) is 5. The molecule has 2 unspecified atom stereocenters. The van der Waals surface area contributed by atoms with Crippen LogP contribution in [0.5, 0.6) is 0 Å². The number of nitrogens with one attached hydrogen (secondary N) is 1. The third kappa shape index (κ3) is 2.77. The van der Waals surface area contributed by atoms with Crippen LogP contribution in [0.1, 0.15) is 56.7 Å². The highest BCUT2D eigenvalue weighted by molar-refractivity contribution is 7.09. The van der Waals surface area contributed by atoms with Crippen LogP contribution in [0.3, 0.4) is 0 Å². The molecule has 2 aliphatic rings. The lowest BCUT2D eigenvalue weighted by molar-refractivity contribution is 0.528. The van der Waals surface area contributed by atoms with E-state index in [4.69, 9.17) is 5.73 Å². The predicted molar refractivity (Wildman–Crippen MR) is 70.4 cm³/mol. The number of anilines is 1. The molecule has 0 saturated heterocycles. The Kier molecular flexibility index (Phi) is 3.29. The summed E-state index contributed by atoms with van der Waals surface area (Å²) in [6.07, 6.45) is 8.68. The summed E-state index contributed by atoms with van der Waals surface area (Å²) < 4.78 is 4.42. The van der Waals surface area contributed by atoms with Gasteiger partial charge in [-0.05, 0) is 25.7 Å². The normalized spacial score (nSPS) is 29.9. The summed E-state index contributed by atoms with van der Waals surface area (Å²) in [4.78, 5) is 4.57. The number of nitrogens with zero attached hydrogens (tertiary/aromatic N) is 2. The van der Waals surface area contributed by atoms with Crippen molar-refractivity contribution in [3.8, 4) is 0 Å². The van der Waals surface area contributed by atoms with Gasteiger partial charge in [0.2, 0.25) is 5.13 Å². The maximum absolute atomic E-state index is 6.20. The van der Waals surface area contributed by atoms with Gasteiger partial charge < -0.3 is 11.1 Å². The van der Waals surface area contributed by atoms with Gasteiger partial charge in [0.25, 0.3) is 0 Å². The molecule has 0 spiro atoms. The average molecular weight is 252 g/mol. The first-order valence-corrected chi connectivity index (χ1v) is 7.46. The Labute approximate surface area is 106 Å². The Balaban J connectivity index is 1.63. The van der Waals surface area contributed by atoms with Crippen LogP contribution in [-0.4, -0.2) is 21.4 Å². The van der Waals surface area contributed by atoms with Crippen LogP contribution in [0.4, 0.5) is 5.13 Å². The van der Waals surface area contributed by atoms with Gasteiger partial charge >= 0.3 is 0 Å². The van der Waals surface area contributed by atoms with E-state index in [0.717, 1.165) is 17.4 Å². The Hall–Kier alpha value is -0.680. The van der Waals surface area contributed by atoms with E-state index in [1.807, 2.05) is 0 Å². The third-order valence-corrected chi connectivity index (χ3v) is 4.42. The van der Waals surface area contributed by atoms with Crippen molar-refractivity contribution in [2.24, 2.45) is 5.73 Å². The molecule has 0 amide bonds. The zero-order valence-electron chi connectivity index (χ0n) is 10.1. The number of aromatic nitrogens is 2. The van der Waals surface area contributed by atoms with Gasteiger partial charge in [-0.25, -0.2) is 4.98 Å². The van der Waals surface area contributed by atoms with Crippen molar-refractivity contribution in [1.82, 2.24) is 9.36 Å². The van der Waals surface area contributed by atoms with Crippen molar-refractivity contribution in [3.63, 3.8) is 0 Å². The molecule has 2 fully saturated rings. The van der Waals surface area contributed by atoms with Gasteiger partial charge in [-0.2, -0.15) is 4.37 Å². The first-order chi connectivity index (χ1) is 8.33. The summed E-state index contributed by atoms with van der Waals surface area (Å²) in [5.74, 6) is 1.68. The van der Waals surface area contributed by atoms with Gasteiger partial charge in [-0.15, -0.1) is 0 Å². The molecule has 17 heavy (non-hydrogen) atoms. The van der Waals surface area contributed by atoms with E-state index in [0.29, 0.717) is 12.0 Å². The molecule has 3 N–H and O–H groups in total. The van der Waals surface area contributed by atoms with E-state index in [9.17, 15) is 0 Å². The first kappa shape index (κ1) is 11.4.